The van der Waals surface area contributed by atoms with Crippen molar-refractivity contribution in [2.45, 2.75) is 11.8 Å². The molecule has 1 heterocycles. The summed E-state index contributed by atoms with van der Waals surface area (Å²) in [6.07, 6.45) is 1.33. The maximum atomic E-state index is 13.4. The highest BCUT2D eigenvalue weighted by Gasteiger charge is 2.20. The zero-order valence-electron chi connectivity index (χ0n) is 10.8. The van der Waals surface area contributed by atoms with E-state index in [0.29, 0.717) is 5.56 Å². The Hall–Kier alpha value is -1.98. The first kappa shape index (κ1) is 15.4. The summed E-state index contributed by atoms with van der Waals surface area (Å²) in [6.45, 7) is 1.57. The Morgan fingerprint density at radius 1 is 1.43 bits per heavy atom. The van der Waals surface area contributed by atoms with E-state index in [4.69, 9.17) is 5.26 Å². The molecule has 2 rings (SSSR count). The summed E-state index contributed by atoms with van der Waals surface area (Å²) >= 11 is 3.00. The molecule has 0 amide bonds. The minimum absolute atomic E-state index is 0.137. The fourth-order valence-corrected chi connectivity index (χ4v) is 3.22. The van der Waals surface area contributed by atoms with Gasteiger partial charge in [0, 0.05) is 6.20 Å². The lowest BCUT2D eigenvalue weighted by Crippen LogP contribution is -2.15. The molecule has 0 aliphatic heterocycles. The van der Waals surface area contributed by atoms with Crippen molar-refractivity contribution in [3.63, 3.8) is 0 Å². The maximum Gasteiger partial charge on any atom is 0.264 e. The van der Waals surface area contributed by atoms with Crippen LogP contribution in [0.25, 0.3) is 0 Å². The molecule has 0 spiro atoms. The van der Waals surface area contributed by atoms with Crippen LogP contribution >= 0.6 is 15.9 Å². The SMILES string of the molecule is Cc1cc(F)c(Br)cc1NS(=O)(=O)c1cccnc1C#N. The van der Waals surface area contributed by atoms with E-state index in [0.717, 1.165) is 0 Å². The Labute approximate surface area is 129 Å². The van der Waals surface area contributed by atoms with Crippen molar-refractivity contribution in [1.29, 1.82) is 5.26 Å². The van der Waals surface area contributed by atoms with Crippen LogP contribution in [0.2, 0.25) is 0 Å². The molecule has 0 aliphatic rings. The fourth-order valence-electron chi connectivity index (χ4n) is 1.65. The zero-order valence-corrected chi connectivity index (χ0v) is 13.2. The molecular formula is C13H9BrFN3O2S. The third kappa shape index (κ3) is 3.20. The van der Waals surface area contributed by atoms with Gasteiger partial charge in [0.1, 0.15) is 16.8 Å². The van der Waals surface area contributed by atoms with E-state index in [1.807, 2.05) is 0 Å². The highest BCUT2D eigenvalue weighted by molar-refractivity contribution is 9.10. The van der Waals surface area contributed by atoms with Crippen LogP contribution in [0.1, 0.15) is 11.3 Å². The molecule has 0 saturated heterocycles. The number of rotatable bonds is 3. The van der Waals surface area contributed by atoms with Crippen molar-refractivity contribution in [3.8, 4) is 6.07 Å². The predicted molar refractivity (Wildman–Crippen MR) is 78.6 cm³/mol. The molecule has 5 nitrogen and oxygen atoms in total. The van der Waals surface area contributed by atoms with Crippen molar-refractivity contribution in [1.82, 2.24) is 4.98 Å². The number of pyridine rings is 1. The van der Waals surface area contributed by atoms with E-state index in [2.05, 4.69) is 25.6 Å². The number of nitrogens with one attached hydrogen (secondary N) is 1. The lowest BCUT2D eigenvalue weighted by Gasteiger charge is -2.12. The number of nitriles is 1. The van der Waals surface area contributed by atoms with Crippen molar-refractivity contribution in [2.24, 2.45) is 0 Å². The average Bonchev–Trinajstić information content (AvgIpc) is 2.44. The van der Waals surface area contributed by atoms with Crippen LogP contribution in [-0.4, -0.2) is 13.4 Å². The smallest absolute Gasteiger partial charge is 0.264 e. The van der Waals surface area contributed by atoms with E-state index in [1.54, 1.807) is 13.0 Å². The van der Waals surface area contributed by atoms with Gasteiger partial charge in [-0.2, -0.15) is 5.26 Å². The molecule has 0 bridgehead atoms. The normalized spacial score (nSPS) is 11.0. The highest BCUT2D eigenvalue weighted by Crippen LogP contribution is 2.26. The van der Waals surface area contributed by atoms with Crippen molar-refractivity contribution in [2.75, 3.05) is 4.72 Å². The molecule has 2 aromatic rings. The Bertz CT molecular complexity index is 847. The first-order valence-corrected chi connectivity index (χ1v) is 7.96. The number of aromatic nitrogens is 1. The van der Waals surface area contributed by atoms with Gasteiger partial charge in [-0.25, -0.2) is 17.8 Å². The van der Waals surface area contributed by atoms with Crippen LogP contribution in [0.3, 0.4) is 0 Å². The van der Waals surface area contributed by atoms with E-state index in [9.17, 15) is 12.8 Å². The number of benzene rings is 1. The van der Waals surface area contributed by atoms with E-state index in [1.165, 1.54) is 30.5 Å². The summed E-state index contributed by atoms with van der Waals surface area (Å²) in [4.78, 5) is 3.48. The van der Waals surface area contributed by atoms with Crippen LogP contribution in [0.15, 0.2) is 39.8 Å². The van der Waals surface area contributed by atoms with Crippen LogP contribution in [0.4, 0.5) is 10.1 Å². The van der Waals surface area contributed by atoms with Gasteiger partial charge in [0.25, 0.3) is 10.0 Å². The van der Waals surface area contributed by atoms with Crippen molar-refractivity contribution < 1.29 is 12.8 Å². The van der Waals surface area contributed by atoms with Crippen LogP contribution in [0, 0.1) is 24.1 Å². The summed E-state index contributed by atoms with van der Waals surface area (Å²) in [7, 11) is -3.99. The van der Waals surface area contributed by atoms with Gasteiger partial charge in [-0.1, -0.05) is 0 Å². The Morgan fingerprint density at radius 3 is 2.81 bits per heavy atom. The quantitative estimate of drug-likeness (QED) is 0.901. The summed E-state index contributed by atoms with van der Waals surface area (Å²) < 4.78 is 40.5. The predicted octanol–water partition coefficient (Wildman–Crippen LogP) is 2.96. The molecule has 0 saturated carbocycles. The van der Waals surface area contributed by atoms with Gasteiger partial charge in [-0.3, -0.25) is 4.72 Å². The number of hydrogen-bond donors (Lipinski definition) is 1. The second-order valence-corrected chi connectivity index (χ2v) is 6.65. The highest BCUT2D eigenvalue weighted by atomic mass is 79.9. The van der Waals surface area contributed by atoms with Crippen LogP contribution in [0.5, 0.6) is 0 Å². The molecule has 1 aromatic heterocycles. The second-order valence-electron chi connectivity index (χ2n) is 4.15. The van der Waals surface area contributed by atoms with Gasteiger partial charge in [-0.05, 0) is 52.7 Å². The molecule has 108 valence electrons. The third-order valence-corrected chi connectivity index (χ3v) is 4.68. The summed E-state index contributed by atoms with van der Waals surface area (Å²) in [5, 5.41) is 8.92. The standard InChI is InChI=1S/C13H9BrFN3O2S/c1-8-5-10(15)9(14)6-11(8)18-21(19,20)13-3-2-4-17-12(13)7-16/h2-6,18H,1H3. The molecule has 0 fully saturated rings. The molecule has 21 heavy (non-hydrogen) atoms. The summed E-state index contributed by atoms with van der Waals surface area (Å²) in [5.74, 6) is -0.491. The molecule has 1 aromatic carbocycles. The monoisotopic (exact) mass is 369 g/mol. The van der Waals surface area contributed by atoms with Gasteiger partial charge < -0.3 is 0 Å². The number of aryl methyl sites for hydroxylation is 1. The molecule has 0 atom stereocenters. The Kier molecular flexibility index (Phi) is 4.25. The Morgan fingerprint density at radius 2 is 2.14 bits per heavy atom. The van der Waals surface area contributed by atoms with Gasteiger partial charge in [0.15, 0.2) is 5.69 Å². The third-order valence-electron chi connectivity index (χ3n) is 2.68. The molecule has 0 aliphatic carbocycles. The van der Waals surface area contributed by atoms with E-state index >= 15 is 0 Å². The van der Waals surface area contributed by atoms with Gasteiger partial charge in [0.05, 0.1) is 10.2 Å². The Balaban J connectivity index is 2.48. The zero-order chi connectivity index (χ0) is 15.6. The summed E-state index contributed by atoms with van der Waals surface area (Å²) in [6, 6.07) is 6.95. The molecule has 0 unspecified atom stereocenters. The minimum atomic E-state index is -3.99. The number of sulfonamides is 1. The lowest BCUT2D eigenvalue weighted by atomic mass is 10.2. The molecule has 1 N–H and O–H groups in total. The van der Waals surface area contributed by atoms with Crippen molar-refractivity contribution >= 4 is 31.6 Å². The second kappa shape index (κ2) is 5.79. The topological polar surface area (TPSA) is 82.8 Å². The van der Waals surface area contributed by atoms with E-state index < -0.39 is 15.8 Å². The van der Waals surface area contributed by atoms with Crippen LogP contribution < -0.4 is 4.72 Å². The number of anilines is 1. The van der Waals surface area contributed by atoms with Gasteiger partial charge in [-0.15, -0.1) is 0 Å². The molecular weight excluding hydrogens is 361 g/mol. The number of halogens is 2. The lowest BCUT2D eigenvalue weighted by molar-refractivity contribution is 0.600. The first-order chi connectivity index (χ1) is 9.85. The number of nitrogens with zero attached hydrogens (tertiary/aromatic N) is 2. The average molecular weight is 370 g/mol. The minimum Gasteiger partial charge on any atom is -0.279 e. The van der Waals surface area contributed by atoms with Crippen molar-refractivity contribution in [3.05, 3.63) is 52.0 Å². The first-order valence-electron chi connectivity index (χ1n) is 5.69. The molecule has 0 radical (unpaired) electrons. The maximum absolute atomic E-state index is 13.4. The van der Waals surface area contributed by atoms with Gasteiger partial charge in [0.2, 0.25) is 0 Å². The largest absolute Gasteiger partial charge is 0.279 e. The molecule has 8 heteroatoms. The van der Waals surface area contributed by atoms with Gasteiger partial charge >= 0.3 is 0 Å². The summed E-state index contributed by atoms with van der Waals surface area (Å²) in [5.41, 5.74) is 0.432. The number of hydrogen-bond acceptors (Lipinski definition) is 4. The fraction of sp³-hybridized carbons (Fsp3) is 0.0769. The van der Waals surface area contributed by atoms with Crippen LogP contribution in [-0.2, 0) is 10.0 Å². The van der Waals surface area contributed by atoms with E-state index in [-0.39, 0.29) is 20.7 Å².